The minimum absolute atomic E-state index is 0.0443. The van der Waals surface area contributed by atoms with E-state index < -0.39 is 0 Å². The maximum Gasteiger partial charge on any atom is 0.255 e. The molecule has 0 aliphatic heterocycles. The van der Waals surface area contributed by atoms with Crippen LogP contribution in [0.4, 0.5) is 5.69 Å². The molecule has 3 aromatic rings. The van der Waals surface area contributed by atoms with Crippen LogP contribution in [0.1, 0.15) is 45.7 Å². The molecular weight excluding hydrogens is 414 g/mol. The highest BCUT2D eigenvalue weighted by atomic mass is 35.5. The van der Waals surface area contributed by atoms with Crippen molar-refractivity contribution in [3.63, 3.8) is 0 Å². The summed E-state index contributed by atoms with van der Waals surface area (Å²) in [6, 6.07) is 18.8. The number of benzene rings is 3. The lowest BCUT2D eigenvalue weighted by atomic mass is 10.0. The number of carbonyl (C=O) groups excluding carboxylic acids is 2. The van der Waals surface area contributed by atoms with Gasteiger partial charge in [0.15, 0.2) is 5.78 Å². The zero-order valence-electron chi connectivity index (χ0n) is 17.6. The number of anilines is 1. The highest BCUT2D eigenvalue weighted by molar-refractivity contribution is 6.31. The molecule has 1 N–H and O–H groups in total. The zero-order valence-corrected chi connectivity index (χ0v) is 18.4. The van der Waals surface area contributed by atoms with Crippen molar-refractivity contribution in [3.8, 4) is 5.75 Å². The number of halogens is 1. The van der Waals surface area contributed by atoms with E-state index in [1.807, 2.05) is 19.9 Å². The fraction of sp³-hybridized carbons (Fsp3) is 0.200. The summed E-state index contributed by atoms with van der Waals surface area (Å²) in [7, 11) is 1.57. The Kier molecular flexibility index (Phi) is 7.45. The van der Waals surface area contributed by atoms with Gasteiger partial charge < -0.3 is 14.8 Å². The number of carbonyl (C=O) groups is 2. The third-order valence-corrected chi connectivity index (χ3v) is 4.86. The molecule has 0 heterocycles. The van der Waals surface area contributed by atoms with Crippen LogP contribution >= 0.6 is 11.6 Å². The average Bonchev–Trinajstić information content (AvgIpc) is 2.78. The molecule has 3 rings (SSSR count). The second-order valence-corrected chi connectivity index (χ2v) is 7.66. The molecule has 1 amide bonds. The molecule has 0 aromatic heterocycles. The van der Waals surface area contributed by atoms with E-state index in [4.69, 9.17) is 21.1 Å². The van der Waals surface area contributed by atoms with Crippen LogP contribution in [-0.2, 0) is 11.3 Å². The van der Waals surface area contributed by atoms with Crippen molar-refractivity contribution in [3.05, 3.63) is 94.0 Å². The number of hydrogen-bond acceptors (Lipinski definition) is 4. The summed E-state index contributed by atoms with van der Waals surface area (Å²) >= 11 is 6.12. The molecule has 0 spiro atoms. The molecule has 0 saturated heterocycles. The number of ketones is 1. The topological polar surface area (TPSA) is 64.6 Å². The average molecular weight is 438 g/mol. The molecule has 160 valence electrons. The van der Waals surface area contributed by atoms with Gasteiger partial charge in [-0.15, -0.1) is 0 Å². The van der Waals surface area contributed by atoms with E-state index in [1.165, 1.54) is 0 Å². The zero-order chi connectivity index (χ0) is 22.4. The monoisotopic (exact) mass is 437 g/mol. The van der Waals surface area contributed by atoms with Gasteiger partial charge in [0, 0.05) is 27.3 Å². The predicted molar refractivity (Wildman–Crippen MR) is 122 cm³/mol. The van der Waals surface area contributed by atoms with Gasteiger partial charge in [-0.05, 0) is 50.2 Å². The fourth-order valence-electron chi connectivity index (χ4n) is 3.04. The largest absolute Gasteiger partial charge is 0.496 e. The van der Waals surface area contributed by atoms with Gasteiger partial charge in [-0.3, -0.25) is 9.59 Å². The van der Waals surface area contributed by atoms with Crippen LogP contribution in [-0.4, -0.2) is 24.9 Å². The van der Waals surface area contributed by atoms with Gasteiger partial charge in [-0.1, -0.05) is 41.9 Å². The van der Waals surface area contributed by atoms with Gasteiger partial charge in [-0.25, -0.2) is 0 Å². The lowest BCUT2D eigenvalue weighted by Crippen LogP contribution is -2.16. The summed E-state index contributed by atoms with van der Waals surface area (Å²) < 4.78 is 11.0. The first-order chi connectivity index (χ1) is 14.9. The van der Waals surface area contributed by atoms with Crippen LogP contribution in [0.5, 0.6) is 5.75 Å². The summed E-state index contributed by atoms with van der Waals surface area (Å²) in [6.45, 7) is 4.20. The number of nitrogens with one attached hydrogen (secondary N) is 1. The molecule has 6 heteroatoms. The highest BCUT2D eigenvalue weighted by Crippen LogP contribution is 2.26. The van der Waals surface area contributed by atoms with Crippen molar-refractivity contribution in [2.24, 2.45) is 0 Å². The third kappa shape index (κ3) is 5.72. The standard InChI is InChI=1S/C25H24ClNO4/c1-16(2)31-15-19-13-18(9-12-23(19)30-3)25(29)27-22-11-10-20(26)14-21(22)24(28)17-7-5-4-6-8-17/h4-14,16H,15H2,1-3H3,(H,27,29). The van der Waals surface area contributed by atoms with Crippen LogP contribution < -0.4 is 10.1 Å². The molecular formula is C25H24ClNO4. The van der Waals surface area contributed by atoms with Crippen LogP contribution in [0.25, 0.3) is 0 Å². The van der Waals surface area contributed by atoms with E-state index in [1.54, 1.807) is 67.8 Å². The van der Waals surface area contributed by atoms with E-state index in [0.29, 0.717) is 39.8 Å². The molecule has 0 aliphatic carbocycles. The second-order valence-electron chi connectivity index (χ2n) is 7.23. The Morgan fingerprint density at radius 3 is 2.39 bits per heavy atom. The van der Waals surface area contributed by atoms with Gasteiger partial charge in [0.05, 0.1) is 25.5 Å². The van der Waals surface area contributed by atoms with E-state index in [9.17, 15) is 9.59 Å². The molecule has 0 radical (unpaired) electrons. The van der Waals surface area contributed by atoms with Crippen molar-refractivity contribution >= 4 is 29.0 Å². The number of methoxy groups -OCH3 is 1. The highest BCUT2D eigenvalue weighted by Gasteiger charge is 2.18. The predicted octanol–water partition coefficient (Wildman–Crippen LogP) is 5.76. The normalized spacial score (nSPS) is 10.7. The van der Waals surface area contributed by atoms with Crippen molar-refractivity contribution in [2.45, 2.75) is 26.6 Å². The summed E-state index contributed by atoms with van der Waals surface area (Å²) in [5.41, 5.74) is 2.41. The summed E-state index contributed by atoms with van der Waals surface area (Å²) in [6.07, 6.45) is 0.0443. The molecule has 0 fully saturated rings. The fourth-order valence-corrected chi connectivity index (χ4v) is 3.21. The minimum atomic E-state index is -0.349. The van der Waals surface area contributed by atoms with Gasteiger partial charge in [-0.2, -0.15) is 0 Å². The smallest absolute Gasteiger partial charge is 0.255 e. The van der Waals surface area contributed by atoms with Crippen LogP contribution in [0, 0.1) is 0 Å². The number of amides is 1. The summed E-state index contributed by atoms with van der Waals surface area (Å²) in [5.74, 6) is 0.0701. The van der Waals surface area contributed by atoms with Crippen molar-refractivity contribution < 1.29 is 19.1 Å². The summed E-state index contributed by atoms with van der Waals surface area (Å²) in [5, 5.41) is 3.25. The van der Waals surface area contributed by atoms with Crippen molar-refractivity contribution in [2.75, 3.05) is 12.4 Å². The maximum atomic E-state index is 13.0. The Morgan fingerprint density at radius 2 is 1.71 bits per heavy atom. The van der Waals surface area contributed by atoms with Crippen molar-refractivity contribution in [1.82, 2.24) is 0 Å². The molecule has 31 heavy (non-hydrogen) atoms. The van der Waals surface area contributed by atoms with Gasteiger partial charge in [0.2, 0.25) is 0 Å². The molecule has 0 saturated carbocycles. The second kappa shape index (κ2) is 10.2. The Labute approximate surface area is 187 Å². The quantitative estimate of drug-likeness (QED) is 0.455. The molecule has 0 aliphatic rings. The SMILES string of the molecule is COc1ccc(C(=O)Nc2ccc(Cl)cc2C(=O)c2ccccc2)cc1COC(C)C. The molecule has 0 unspecified atom stereocenters. The third-order valence-electron chi connectivity index (χ3n) is 4.63. The van der Waals surface area contributed by atoms with E-state index in [0.717, 1.165) is 5.56 Å². The Balaban J connectivity index is 1.88. The first kappa shape index (κ1) is 22.5. The van der Waals surface area contributed by atoms with Crippen LogP contribution in [0.15, 0.2) is 66.7 Å². The number of hydrogen-bond donors (Lipinski definition) is 1. The lowest BCUT2D eigenvalue weighted by Gasteiger charge is -2.14. The number of ether oxygens (including phenoxy) is 2. The van der Waals surface area contributed by atoms with E-state index in [2.05, 4.69) is 5.32 Å². The van der Waals surface area contributed by atoms with E-state index in [-0.39, 0.29) is 17.8 Å². The molecule has 3 aromatic carbocycles. The first-order valence-corrected chi connectivity index (χ1v) is 10.3. The Hall–Kier alpha value is -3.15. The minimum Gasteiger partial charge on any atom is -0.496 e. The molecule has 0 bridgehead atoms. The molecule has 0 atom stereocenters. The Morgan fingerprint density at radius 1 is 0.968 bits per heavy atom. The van der Waals surface area contributed by atoms with Crippen LogP contribution in [0.2, 0.25) is 5.02 Å². The maximum absolute atomic E-state index is 13.0. The van der Waals surface area contributed by atoms with E-state index >= 15 is 0 Å². The number of rotatable bonds is 8. The van der Waals surface area contributed by atoms with Crippen molar-refractivity contribution in [1.29, 1.82) is 0 Å². The van der Waals surface area contributed by atoms with Gasteiger partial charge in [0.25, 0.3) is 5.91 Å². The van der Waals surface area contributed by atoms with Gasteiger partial charge >= 0.3 is 0 Å². The molecule has 5 nitrogen and oxygen atoms in total. The van der Waals surface area contributed by atoms with Gasteiger partial charge in [0.1, 0.15) is 5.75 Å². The Bertz CT molecular complexity index is 1080. The first-order valence-electron chi connectivity index (χ1n) is 9.88. The summed E-state index contributed by atoms with van der Waals surface area (Å²) in [4.78, 5) is 25.9. The lowest BCUT2D eigenvalue weighted by molar-refractivity contribution is 0.0644. The van der Waals surface area contributed by atoms with Crippen LogP contribution in [0.3, 0.4) is 0 Å².